The van der Waals surface area contributed by atoms with Gasteiger partial charge in [-0.25, -0.2) is 4.98 Å². The lowest BCUT2D eigenvalue weighted by atomic mass is 10.0. The molecular weight excluding hydrogens is 350 g/mol. The van der Waals surface area contributed by atoms with Crippen LogP contribution in [0, 0.1) is 6.92 Å². The Labute approximate surface area is 165 Å². The first-order valence-corrected chi connectivity index (χ1v) is 9.63. The number of amides is 1. The van der Waals surface area contributed by atoms with E-state index in [2.05, 4.69) is 32.1 Å². The third-order valence-corrected chi connectivity index (χ3v) is 5.40. The Balaban J connectivity index is 1.51. The minimum Gasteiger partial charge on any atom is -0.354 e. The van der Waals surface area contributed by atoms with E-state index in [1.807, 2.05) is 49.5 Å². The van der Waals surface area contributed by atoms with Crippen LogP contribution in [-0.2, 0) is 6.54 Å². The van der Waals surface area contributed by atoms with Gasteiger partial charge in [-0.1, -0.05) is 24.3 Å². The molecule has 2 aromatic heterocycles. The van der Waals surface area contributed by atoms with Gasteiger partial charge in [0.2, 0.25) is 0 Å². The average Bonchev–Trinajstić information content (AvgIpc) is 2.73. The van der Waals surface area contributed by atoms with Gasteiger partial charge in [-0.3, -0.25) is 9.78 Å². The number of likely N-dealkylation sites (N-methyl/N-ethyl adjacent to an activating group) is 1. The third kappa shape index (κ3) is 3.68. The monoisotopic (exact) mass is 375 g/mol. The van der Waals surface area contributed by atoms with Gasteiger partial charge in [0.15, 0.2) is 0 Å². The largest absolute Gasteiger partial charge is 0.354 e. The molecule has 28 heavy (non-hydrogen) atoms. The molecular formula is C22H25N5O. The molecule has 1 aliphatic heterocycles. The number of nitrogens with zero attached hydrogens (tertiary/aromatic N) is 4. The number of piperazine rings is 1. The predicted molar refractivity (Wildman–Crippen MR) is 112 cm³/mol. The second-order valence-corrected chi connectivity index (χ2v) is 7.27. The van der Waals surface area contributed by atoms with Crippen LogP contribution in [0.2, 0.25) is 0 Å². The van der Waals surface area contributed by atoms with Crippen LogP contribution >= 0.6 is 0 Å². The van der Waals surface area contributed by atoms with Gasteiger partial charge >= 0.3 is 0 Å². The fourth-order valence-electron chi connectivity index (χ4n) is 3.65. The van der Waals surface area contributed by atoms with Crippen molar-refractivity contribution in [1.29, 1.82) is 0 Å². The summed E-state index contributed by atoms with van der Waals surface area (Å²) in [7, 11) is 2.14. The van der Waals surface area contributed by atoms with Crippen LogP contribution in [0.15, 0.2) is 48.8 Å². The fraction of sp³-hybridized carbons (Fsp3) is 0.318. The molecule has 0 radical (unpaired) electrons. The highest BCUT2D eigenvalue weighted by Crippen LogP contribution is 2.21. The number of para-hydroxylation sites is 1. The van der Waals surface area contributed by atoms with Crippen LogP contribution in [0.3, 0.4) is 0 Å². The zero-order chi connectivity index (χ0) is 19.5. The summed E-state index contributed by atoms with van der Waals surface area (Å²) in [6, 6.07) is 11.8. The number of rotatable bonds is 4. The molecule has 0 unspecified atom stereocenters. The highest BCUT2D eigenvalue weighted by atomic mass is 16.1. The summed E-state index contributed by atoms with van der Waals surface area (Å²) in [6.07, 6.45) is 3.48. The van der Waals surface area contributed by atoms with Crippen molar-refractivity contribution >= 4 is 22.6 Å². The van der Waals surface area contributed by atoms with Gasteiger partial charge in [-0.15, -0.1) is 0 Å². The summed E-state index contributed by atoms with van der Waals surface area (Å²) in [5.41, 5.74) is 3.50. The van der Waals surface area contributed by atoms with Gasteiger partial charge in [0.1, 0.15) is 5.82 Å². The zero-order valence-corrected chi connectivity index (χ0v) is 16.4. The molecule has 1 N–H and O–H groups in total. The Morgan fingerprint density at radius 2 is 1.86 bits per heavy atom. The number of hydrogen-bond donors (Lipinski definition) is 1. The summed E-state index contributed by atoms with van der Waals surface area (Å²) >= 11 is 0. The molecule has 3 heterocycles. The topological polar surface area (TPSA) is 61.4 Å². The van der Waals surface area contributed by atoms with E-state index < -0.39 is 0 Å². The lowest BCUT2D eigenvalue weighted by Gasteiger charge is -2.34. The molecule has 1 saturated heterocycles. The summed E-state index contributed by atoms with van der Waals surface area (Å²) in [5.74, 6) is 0.855. The van der Waals surface area contributed by atoms with E-state index in [9.17, 15) is 4.79 Å². The van der Waals surface area contributed by atoms with E-state index in [0.29, 0.717) is 12.1 Å². The standard InChI is InChI=1S/C22H25N5O/c1-16-18-7-3-4-8-20(18)24-15-19(16)22(28)25-14-17-6-5-9-23-21(17)27-12-10-26(2)11-13-27/h3-9,15H,10-14H2,1-2H3,(H,25,28). The Bertz CT molecular complexity index is 995. The molecule has 0 spiro atoms. The number of pyridine rings is 2. The normalized spacial score (nSPS) is 15.0. The smallest absolute Gasteiger partial charge is 0.253 e. The quantitative estimate of drug-likeness (QED) is 0.760. The maximum Gasteiger partial charge on any atom is 0.253 e. The Kier molecular flexibility index (Phi) is 5.21. The Morgan fingerprint density at radius 1 is 1.07 bits per heavy atom. The predicted octanol–water partition coefficient (Wildman–Crippen LogP) is 2.62. The van der Waals surface area contributed by atoms with Gasteiger partial charge in [0.25, 0.3) is 5.91 Å². The van der Waals surface area contributed by atoms with E-state index in [1.54, 1.807) is 6.20 Å². The van der Waals surface area contributed by atoms with Crippen LogP contribution in [0.5, 0.6) is 0 Å². The van der Waals surface area contributed by atoms with E-state index in [1.165, 1.54) is 0 Å². The molecule has 4 rings (SSSR count). The Morgan fingerprint density at radius 3 is 2.68 bits per heavy atom. The molecule has 0 bridgehead atoms. The molecule has 144 valence electrons. The van der Waals surface area contributed by atoms with Crippen LogP contribution < -0.4 is 10.2 Å². The molecule has 0 aliphatic carbocycles. The summed E-state index contributed by atoms with van der Waals surface area (Å²) < 4.78 is 0. The number of benzene rings is 1. The lowest BCUT2D eigenvalue weighted by molar-refractivity contribution is 0.0950. The SMILES string of the molecule is Cc1c(C(=O)NCc2cccnc2N2CCN(C)CC2)cnc2ccccc12. The maximum atomic E-state index is 12.8. The highest BCUT2D eigenvalue weighted by Gasteiger charge is 2.19. The molecule has 1 aliphatic rings. The number of aromatic nitrogens is 2. The second kappa shape index (κ2) is 7.94. The minimum absolute atomic E-state index is 0.107. The number of anilines is 1. The first-order valence-electron chi connectivity index (χ1n) is 9.63. The van der Waals surface area contributed by atoms with Crippen molar-refractivity contribution in [1.82, 2.24) is 20.2 Å². The fourth-order valence-corrected chi connectivity index (χ4v) is 3.65. The highest BCUT2D eigenvalue weighted by molar-refractivity contribution is 5.99. The molecule has 1 aromatic carbocycles. The maximum absolute atomic E-state index is 12.8. The zero-order valence-electron chi connectivity index (χ0n) is 16.4. The number of carbonyl (C=O) groups is 1. The van der Waals surface area contributed by atoms with Gasteiger partial charge < -0.3 is 15.1 Å². The van der Waals surface area contributed by atoms with Crippen molar-refractivity contribution in [2.75, 3.05) is 38.1 Å². The van der Waals surface area contributed by atoms with Crippen LogP contribution in [0.1, 0.15) is 21.5 Å². The molecule has 0 atom stereocenters. The van der Waals surface area contributed by atoms with Crippen LogP contribution in [0.4, 0.5) is 5.82 Å². The van der Waals surface area contributed by atoms with Crippen LogP contribution in [0.25, 0.3) is 10.9 Å². The van der Waals surface area contributed by atoms with Crippen molar-refractivity contribution in [2.24, 2.45) is 0 Å². The summed E-state index contributed by atoms with van der Waals surface area (Å²) in [5, 5.41) is 4.06. The number of fused-ring (bicyclic) bond motifs is 1. The third-order valence-electron chi connectivity index (χ3n) is 5.40. The molecule has 1 fully saturated rings. The first kappa shape index (κ1) is 18.4. The second-order valence-electron chi connectivity index (χ2n) is 7.27. The minimum atomic E-state index is -0.107. The summed E-state index contributed by atoms with van der Waals surface area (Å²) in [4.78, 5) is 26.4. The summed E-state index contributed by atoms with van der Waals surface area (Å²) in [6.45, 7) is 6.35. The van der Waals surface area contributed by atoms with Crippen molar-refractivity contribution in [3.63, 3.8) is 0 Å². The molecule has 3 aromatic rings. The van der Waals surface area contributed by atoms with E-state index in [0.717, 1.165) is 54.0 Å². The number of nitrogens with one attached hydrogen (secondary N) is 1. The van der Waals surface area contributed by atoms with Crippen molar-refractivity contribution in [3.8, 4) is 0 Å². The van der Waals surface area contributed by atoms with Gasteiger partial charge in [0, 0.05) is 56.1 Å². The van der Waals surface area contributed by atoms with E-state index >= 15 is 0 Å². The number of carbonyl (C=O) groups excluding carboxylic acids is 1. The first-order chi connectivity index (χ1) is 13.6. The molecule has 6 nitrogen and oxygen atoms in total. The van der Waals surface area contributed by atoms with E-state index in [-0.39, 0.29) is 5.91 Å². The van der Waals surface area contributed by atoms with Crippen molar-refractivity contribution in [3.05, 3.63) is 65.5 Å². The number of hydrogen-bond acceptors (Lipinski definition) is 5. The Hall–Kier alpha value is -2.99. The molecule has 6 heteroatoms. The molecule has 0 saturated carbocycles. The van der Waals surface area contributed by atoms with Gasteiger partial charge in [0.05, 0.1) is 11.1 Å². The van der Waals surface area contributed by atoms with Gasteiger partial charge in [-0.05, 0) is 31.7 Å². The molecule has 1 amide bonds. The van der Waals surface area contributed by atoms with Crippen molar-refractivity contribution in [2.45, 2.75) is 13.5 Å². The lowest BCUT2D eigenvalue weighted by Crippen LogP contribution is -2.45. The van der Waals surface area contributed by atoms with Crippen LogP contribution in [-0.4, -0.2) is 54.0 Å². The van der Waals surface area contributed by atoms with E-state index in [4.69, 9.17) is 0 Å². The average molecular weight is 375 g/mol. The number of aryl methyl sites for hydroxylation is 1. The van der Waals surface area contributed by atoms with Crippen molar-refractivity contribution < 1.29 is 4.79 Å². The van der Waals surface area contributed by atoms with Gasteiger partial charge in [-0.2, -0.15) is 0 Å².